The third kappa shape index (κ3) is 5.39. The highest BCUT2D eigenvalue weighted by Gasteiger charge is 2.22. The zero-order valence-electron chi connectivity index (χ0n) is 14.1. The Balaban J connectivity index is 1.83. The van der Waals surface area contributed by atoms with Crippen molar-refractivity contribution in [2.75, 3.05) is 0 Å². The molecule has 0 heterocycles. The number of hydrogen-bond acceptors (Lipinski definition) is 3. The fourth-order valence-electron chi connectivity index (χ4n) is 2.48. The molecule has 1 N–H and O–H groups in total. The molecule has 138 valence electrons. The molecule has 0 amide bonds. The maximum atomic E-state index is 11.7. The molecule has 0 unspecified atom stereocenters. The second-order valence-electron chi connectivity index (χ2n) is 5.77. The summed E-state index contributed by atoms with van der Waals surface area (Å²) in [4.78, 5) is 11.7. The molecule has 0 spiro atoms. The van der Waals surface area contributed by atoms with E-state index in [2.05, 4.69) is 0 Å². The van der Waals surface area contributed by atoms with Crippen LogP contribution in [0.3, 0.4) is 0 Å². The Kier molecular flexibility index (Phi) is 6.22. The molecule has 1 atom stereocenters. The Labute approximate surface area is 166 Å². The van der Waals surface area contributed by atoms with Crippen LogP contribution in [0.15, 0.2) is 72.8 Å². The van der Waals surface area contributed by atoms with Crippen LogP contribution in [0.25, 0.3) is 0 Å². The highest BCUT2D eigenvalue weighted by Crippen LogP contribution is 2.29. The summed E-state index contributed by atoms with van der Waals surface area (Å²) in [6.45, 7) is 0. The molecule has 4 nitrogen and oxygen atoms in total. The number of rotatable bonds is 7. The highest BCUT2D eigenvalue weighted by molar-refractivity contribution is 6.30. The van der Waals surface area contributed by atoms with Crippen molar-refractivity contribution in [2.24, 2.45) is 0 Å². The first kappa shape index (κ1) is 19.1. The number of para-hydroxylation sites is 1. The van der Waals surface area contributed by atoms with Crippen molar-refractivity contribution >= 4 is 29.2 Å². The largest absolute Gasteiger partial charge is 0.478 e. The number of carbonyl (C=O) groups is 1. The van der Waals surface area contributed by atoms with Gasteiger partial charge in [0.1, 0.15) is 17.2 Å². The number of carboxylic acids is 1. The van der Waals surface area contributed by atoms with Crippen LogP contribution in [-0.2, 0) is 11.2 Å². The van der Waals surface area contributed by atoms with E-state index in [1.165, 1.54) is 0 Å². The average molecular weight is 403 g/mol. The van der Waals surface area contributed by atoms with Gasteiger partial charge in [-0.1, -0.05) is 41.4 Å². The first-order valence-electron chi connectivity index (χ1n) is 8.17. The maximum absolute atomic E-state index is 11.7. The Morgan fingerprint density at radius 3 is 2.22 bits per heavy atom. The van der Waals surface area contributed by atoms with E-state index in [-0.39, 0.29) is 6.42 Å². The van der Waals surface area contributed by atoms with Crippen LogP contribution in [-0.4, -0.2) is 17.2 Å². The van der Waals surface area contributed by atoms with E-state index in [1.807, 2.05) is 30.3 Å². The third-order valence-corrected chi connectivity index (χ3v) is 4.25. The average Bonchev–Trinajstić information content (AvgIpc) is 2.66. The van der Waals surface area contributed by atoms with Gasteiger partial charge in [-0.2, -0.15) is 0 Å². The summed E-state index contributed by atoms with van der Waals surface area (Å²) in [6, 6.07) is 20.8. The molecule has 0 saturated carbocycles. The van der Waals surface area contributed by atoms with Crippen LogP contribution in [0.5, 0.6) is 17.2 Å². The topological polar surface area (TPSA) is 55.8 Å². The molecular formula is C21H16Cl2O4. The second kappa shape index (κ2) is 8.80. The second-order valence-corrected chi connectivity index (χ2v) is 6.64. The Morgan fingerprint density at radius 1 is 0.889 bits per heavy atom. The molecule has 0 fully saturated rings. The lowest BCUT2D eigenvalue weighted by molar-refractivity contribution is -0.145. The molecule has 27 heavy (non-hydrogen) atoms. The summed E-state index contributed by atoms with van der Waals surface area (Å²) in [5, 5.41) is 10.6. The van der Waals surface area contributed by atoms with Crippen molar-refractivity contribution in [3.8, 4) is 17.2 Å². The Hall–Kier alpha value is -2.69. The van der Waals surface area contributed by atoms with Gasteiger partial charge in [0.25, 0.3) is 0 Å². The van der Waals surface area contributed by atoms with Crippen molar-refractivity contribution in [1.82, 2.24) is 0 Å². The molecule has 0 aliphatic heterocycles. The molecule has 0 aliphatic carbocycles. The molecule has 0 bridgehead atoms. The van der Waals surface area contributed by atoms with Gasteiger partial charge < -0.3 is 14.6 Å². The van der Waals surface area contributed by atoms with E-state index in [1.54, 1.807) is 42.5 Å². The van der Waals surface area contributed by atoms with Crippen LogP contribution in [0.4, 0.5) is 0 Å². The summed E-state index contributed by atoms with van der Waals surface area (Å²) in [7, 11) is 0. The van der Waals surface area contributed by atoms with E-state index >= 15 is 0 Å². The minimum atomic E-state index is -1.11. The van der Waals surface area contributed by atoms with Crippen LogP contribution in [0.2, 0.25) is 10.0 Å². The SMILES string of the molecule is O=C(O)[C@H](Cc1cc(Cl)ccc1Oc1ccccc1)Oc1ccc(Cl)cc1. The number of benzene rings is 3. The van der Waals surface area contributed by atoms with Gasteiger partial charge in [0.2, 0.25) is 0 Å². The van der Waals surface area contributed by atoms with E-state index in [0.29, 0.717) is 32.9 Å². The van der Waals surface area contributed by atoms with Crippen molar-refractivity contribution in [1.29, 1.82) is 0 Å². The van der Waals surface area contributed by atoms with E-state index < -0.39 is 12.1 Å². The smallest absolute Gasteiger partial charge is 0.345 e. The standard InChI is InChI=1S/C21H16Cl2O4/c22-15-6-9-18(10-7-15)27-20(21(24)25)13-14-12-16(23)8-11-19(14)26-17-4-2-1-3-5-17/h1-12,20H,13H2,(H,24,25)/t20-/m0/s1. The van der Waals surface area contributed by atoms with Crippen molar-refractivity contribution in [2.45, 2.75) is 12.5 Å². The first-order chi connectivity index (χ1) is 13.0. The van der Waals surface area contributed by atoms with Gasteiger partial charge in [0.15, 0.2) is 6.10 Å². The van der Waals surface area contributed by atoms with Crippen molar-refractivity contribution < 1.29 is 19.4 Å². The van der Waals surface area contributed by atoms with Crippen LogP contribution in [0, 0.1) is 0 Å². The van der Waals surface area contributed by atoms with E-state index in [9.17, 15) is 9.90 Å². The molecule has 6 heteroatoms. The molecule has 0 radical (unpaired) electrons. The fourth-order valence-corrected chi connectivity index (χ4v) is 2.80. The van der Waals surface area contributed by atoms with Gasteiger partial charge in [-0.05, 0) is 54.6 Å². The number of aliphatic carboxylic acids is 1. The number of hydrogen-bond donors (Lipinski definition) is 1. The summed E-state index contributed by atoms with van der Waals surface area (Å²) >= 11 is 12.0. The molecular weight excluding hydrogens is 387 g/mol. The van der Waals surface area contributed by atoms with Gasteiger partial charge in [-0.25, -0.2) is 4.79 Å². The minimum Gasteiger partial charge on any atom is -0.478 e. The van der Waals surface area contributed by atoms with Crippen LogP contribution >= 0.6 is 23.2 Å². The van der Waals surface area contributed by atoms with Gasteiger partial charge in [-0.15, -0.1) is 0 Å². The fraction of sp³-hybridized carbons (Fsp3) is 0.0952. The summed E-state index contributed by atoms with van der Waals surface area (Å²) in [5.74, 6) is 0.498. The van der Waals surface area contributed by atoms with E-state index in [0.717, 1.165) is 0 Å². The predicted molar refractivity (Wildman–Crippen MR) is 105 cm³/mol. The number of halogens is 2. The minimum absolute atomic E-state index is 0.0840. The van der Waals surface area contributed by atoms with Crippen LogP contribution in [0.1, 0.15) is 5.56 Å². The molecule has 3 rings (SSSR count). The van der Waals surface area contributed by atoms with Crippen molar-refractivity contribution in [3.63, 3.8) is 0 Å². The molecule has 0 aromatic heterocycles. The summed E-state index contributed by atoms with van der Waals surface area (Å²) in [5.41, 5.74) is 0.632. The molecule has 0 saturated heterocycles. The Morgan fingerprint density at radius 2 is 1.56 bits per heavy atom. The lowest BCUT2D eigenvalue weighted by atomic mass is 10.1. The van der Waals surface area contributed by atoms with Gasteiger partial charge in [0, 0.05) is 22.0 Å². The van der Waals surface area contributed by atoms with Crippen LogP contribution < -0.4 is 9.47 Å². The van der Waals surface area contributed by atoms with Gasteiger partial charge in [0.05, 0.1) is 0 Å². The van der Waals surface area contributed by atoms with E-state index in [4.69, 9.17) is 32.7 Å². The third-order valence-electron chi connectivity index (χ3n) is 3.77. The molecule has 0 aliphatic rings. The Bertz CT molecular complexity index is 911. The van der Waals surface area contributed by atoms with Gasteiger partial charge >= 0.3 is 5.97 Å². The predicted octanol–water partition coefficient (Wildman–Crippen LogP) is 5.86. The zero-order valence-corrected chi connectivity index (χ0v) is 15.7. The monoisotopic (exact) mass is 402 g/mol. The number of ether oxygens (including phenoxy) is 2. The molecule has 3 aromatic carbocycles. The van der Waals surface area contributed by atoms with Gasteiger partial charge in [-0.3, -0.25) is 0 Å². The maximum Gasteiger partial charge on any atom is 0.345 e. The lowest BCUT2D eigenvalue weighted by Gasteiger charge is -2.18. The quantitative estimate of drug-likeness (QED) is 0.537. The number of carboxylic acid groups (broad SMARTS) is 1. The van der Waals surface area contributed by atoms with Crippen molar-refractivity contribution in [3.05, 3.63) is 88.4 Å². The first-order valence-corrected chi connectivity index (χ1v) is 8.93. The lowest BCUT2D eigenvalue weighted by Crippen LogP contribution is -2.29. The summed E-state index contributed by atoms with van der Waals surface area (Å²) in [6.07, 6.45) is -1.02. The highest BCUT2D eigenvalue weighted by atomic mass is 35.5. The normalized spacial score (nSPS) is 11.6. The molecule has 3 aromatic rings. The summed E-state index contributed by atoms with van der Waals surface area (Å²) < 4.78 is 11.5. The zero-order chi connectivity index (χ0) is 19.2.